The minimum Gasteiger partial charge on any atom is -0.377 e. The number of thiazole rings is 1. The first kappa shape index (κ1) is 15.4. The molecule has 0 bridgehead atoms. The molecule has 0 radical (unpaired) electrons. The summed E-state index contributed by atoms with van der Waals surface area (Å²) in [6, 6.07) is 8.10. The van der Waals surface area contributed by atoms with Crippen LogP contribution in [0.25, 0.3) is 16.5 Å². The number of anilines is 1. The van der Waals surface area contributed by atoms with Crippen molar-refractivity contribution in [3.8, 4) is 16.5 Å². The normalized spacial score (nSPS) is 10.8. The molecule has 3 heterocycles. The molecule has 0 atom stereocenters. The Morgan fingerprint density at radius 1 is 1.12 bits per heavy atom. The van der Waals surface area contributed by atoms with Gasteiger partial charge in [-0.1, -0.05) is 0 Å². The van der Waals surface area contributed by atoms with Crippen LogP contribution >= 0.6 is 11.3 Å². The third kappa shape index (κ3) is 3.53. The van der Waals surface area contributed by atoms with Gasteiger partial charge in [0.05, 0.1) is 30.3 Å². The van der Waals surface area contributed by atoms with E-state index in [1.165, 1.54) is 23.5 Å². The monoisotopic (exact) mass is 352 g/mol. The highest BCUT2D eigenvalue weighted by Gasteiger charge is 2.06. The molecule has 0 saturated carbocycles. The summed E-state index contributed by atoms with van der Waals surface area (Å²) in [7, 11) is 0. The van der Waals surface area contributed by atoms with E-state index in [9.17, 15) is 4.39 Å². The smallest absolute Gasteiger partial charge is 0.250 e. The molecule has 0 aliphatic heterocycles. The van der Waals surface area contributed by atoms with Gasteiger partial charge in [0.15, 0.2) is 0 Å². The lowest BCUT2D eigenvalue weighted by Gasteiger charge is -2.00. The van der Waals surface area contributed by atoms with Crippen molar-refractivity contribution in [3.05, 3.63) is 72.0 Å². The van der Waals surface area contributed by atoms with E-state index in [-0.39, 0.29) is 5.82 Å². The maximum Gasteiger partial charge on any atom is 0.250 e. The SMILES string of the molecule is Fc1ccc(-c2nc(CNc3cnn(-c4ncccn4)c3)cs2)cc1. The van der Waals surface area contributed by atoms with Crippen molar-refractivity contribution in [1.29, 1.82) is 0 Å². The van der Waals surface area contributed by atoms with Crippen LogP contribution in [0.4, 0.5) is 10.1 Å². The summed E-state index contributed by atoms with van der Waals surface area (Å²) in [5.41, 5.74) is 2.67. The Balaban J connectivity index is 1.42. The second-order valence-corrected chi connectivity index (χ2v) is 6.08. The third-order valence-corrected chi connectivity index (χ3v) is 4.40. The second-order valence-electron chi connectivity index (χ2n) is 5.23. The van der Waals surface area contributed by atoms with Crippen molar-refractivity contribution < 1.29 is 4.39 Å². The van der Waals surface area contributed by atoms with E-state index in [1.807, 2.05) is 11.6 Å². The highest BCUT2D eigenvalue weighted by atomic mass is 32.1. The van der Waals surface area contributed by atoms with Gasteiger partial charge in [-0.2, -0.15) is 5.10 Å². The number of nitrogens with zero attached hydrogens (tertiary/aromatic N) is 5. The van der Waals surface area contributed by atoms with Crippen molar-refractivity contribution in [3.63, 3.8) is 0 Å². The summed E-state index contributed by atoms with van der Waals surface area (Å²) in [5, 5.41) is 10.4. The predicted octanol–water partition coefficient (Wildman–Crippen LogP) is 3.54. The fourth-order valence-electron chi connectivity index (χ4n) is 2.24. The van der Waals surface area contributed by atoms with Crippen LogP contribution in [-0.4, -0.2) is 24.7 Å². The van der Waals surface area contributed by atoms with E-state index in [1.54, 1.807) is 41.5 Å². The fraction of sp³-hybridized carbons (Fsp3) is 0.0588. The van der Waals surface area contributed by atoms with Crippen LogP contribution in [-0.2, 0) is 6.54 Å². The Morgan fingerprint density at radius 3 is 2.72 bits per heavy atom. The lowest BCUT2D eigenvalue weighted by atomic mass is 10.2. The first-order valence-electron chi connectivity index (χ1n) is 7.54. The number of nitrogens with one attached hydrogen (secondary N) is 1. The van der Waals surface area contributed by atoms with E-state index in [0.29, 0.717) is 12.5 Å². The van der Waals surface area contributed by atoms with Crippen molar-refractivity contribution in [1.82, 2.24) is 24.7 Å². The zero-order valence-electron chi connectivity index (χ0n) is 13.0. The van der Waals surface area contributed by atoms with E-state index < -0.39 is 0 Å². The number of rotatable bonds is 5. The van der Waals surface area contributed by atoms with Gasteiger partial charge < -0.3 is 5.32 Å². The molecule has 0 fully saturated rings. The molecule has 0 amide bonds. The van der Waals surface area contributed by atoms with Crippen LogP contribution in [0.1, 0.15) is 5.69 Å². The Labute approximate surface area is 147 Å². The molecule has 0 aliphatic rings. The van der Waals surface area contributed by atoms with E-state index in [4.69, 9.17) is 0 Å². The molecule has 25 heavy (non-hydrogen) atoms. The lowest BCUT2D eigenvalue weighted by molar-refractivity contribution is 0.628. The van der Waals surface area contributed by atoms with Crippen molar-refractivity contribution in [2.45, 2.75) is 6.54 Å². The fourth-order valence-corrected chi connectivity index (χ4v) is 3.06. The van der Waals surface area contributed by atoms with Gasteiger partial charge in [-0.3, -0.25) is 0 Å². The number of hydrogen-bond acceptors (Lipinski definition) is 6. The first-order chi connectivity index (χ1) is 12.3. The lowest BCUT2D eigenvalue weighted by Crippen LogP contribution is -2.01. The predicted molar refractivity (Wildman–Crippen MR) is 94.0 cm³/mol. The molecular formula is C17H13FN6S. The maximum absolute atomic E-state index is 13.0. The highest BCUT2D eigenvalue weighted by Crippen LogP contribution is 2.24. The molecule has 0 saturated heterocycles. The molecule has 1 aromatic carbocycles. The minimum absolute atomic E-state index is 0.249. The van der Waals surface area contributed by atoms with Gasteiger partial charge in [-0.15, -0.1) is 11.3 Å². The standard InChI is InChI=1S/C17H13FN6S/c18-13-4-2-12(3-5-13)16-23-15(11-25-16)8-21-14-9-22-24(10-14)17-19-6-1-7-20-17/h1-7,9-11,21H,8H2. The van der Waals surface area contributed by atoms with Crippen LogP contribution in [0.2, 0.25) is 0 Å². The molecule has 0 spiro atoms. The molecular weight excluding hydrogens is 339 g/mol. The molecule has 1 N–H and O–H groups in total. The molecule has 3 aromatic heterocycles. The van der Waals surface area contributed by atoms with Crippen LogP contribution in [0.3, 0.4) is 0 Å². The summed E-state index contributed by atoms with van der Waals surface area (Å²) in [4.78, 5) is 12.9. The highest BCUT2D eigenvalue weighted by molar-refractivity contribution is 7.13. The topological polar surface area (TPSA) is 68.5 Å². The van der Waals surface area contributed by atoms with Crippen LogP contribution in [0, 0.1) is 5.82 Å². The van der Waals surface area contributed by atoms with Crippen molar-refractivity contribution in [2.75, 3.05) is 5.32 Å². The Hall–Kier alpha value is -3.13. The molecule has 6 nitrogen and oxygen atoms in total. The average Bonchev–Trinajstić information content (AvgIpc) is 3.31. The van der Waals surface area contributed by atoms with Gasteiger partial charge in [-0.05, 0) is 30.3 Å². The molecule has 0 aliphatic carbocycles. The Morgan fingerprint density at radius 2 is 1.92 bits per heavy atom. The number of benzene rings is 1. The summed E-state index contributed by atoms with van der Waals surface area (Å²) in [6.45, 7) is 0.568. The second kappa shape index (κ2) is 6.78. The summed E-state index contributed by atoms with van der Waals surface area (Å²) < 4.78 is 14.6. The van der Waals surface area contributed by atoms with E-state index >= 15 is 0 Å². The van der Waals surface area contributed by atoms with Gasteiger partial charge in [0.1, 0.15) is 10.8 Å². The molecule has 4 aromatic rings. The zero-order chi connectivity index (χ0) is 17.1. The minimum atomic E-state index is -0.249. The van der Waals surface area contributed by atoms with E-state index in [0.717, 1.165) is 22.0 Å². The summed E-state index contributed by atoms with van der Waals surface area (Å²) in [5.74, 6) is 0.268. The van der Waals surface area contributed by atoms with Crippen molar-refractivity contribution in [2.24, 2.45) is 0 Å². The maximum atomic E-state index is 13.0. The number of hydrogen-bond donors (Lipinski definition) is 1. The average molecular weight is 352 g/mol. The molecule has 0 unspecified atom stereocenters. The van der Waals surface area contributed by atoms with Gasteiger partial charge in [0.25, 0.3) is 0 Å². The Kier molecular flexibility index (Phi) is 4.17. The molecule has 4 rings (SSSR count). The van der Waals surface area contributed by atoms with Crippen LogP contribution in [0.5, 0.6) is 0 Å². The molecule has 124 valence electrons. The van der Waals surface area contributed by atoms with Gasteiger partial charge in [-0.25, -0.2) is 24.0 Å². The number of halogens is 1. The zero-order valence-corrected chi connectivity index (χ0v) is 13.8. The quantitative estimate of drug-likeness (QED) is 0.595. The first-order valence-corrected chi connectivity index (χ1v) is 8.42. The molecule has 8 heteroatoms. The third-order valence-electron chi connectivity index (χ3n) is 3.46. The van der Waals surface area contributed by atoms with Gasteiger partial charge >= 0.3 is 0 Å². The number of aromatic nitrogens is 5. The van der Waals surface area contributed by atoms with Gasteiger partial charge in [0.2, 0.25) is 5.95 Å². The Bertz CT molecular complexity index is 964. The van der Waals surface area contributed by atoms with Gasteiger partial charge in [0, 0.05) is 23.3 Å². The van der Waals surface area contributed by atoms with Crippen LogP contribution in [0.15, 0.2) is 60.5 Å². The van der Waals surface area contributed by atoms with E-state index in [2.05, 4.69) is 25.4 Å². The van der Waals surface area contributed by atoms with Crippen molar-refractivity contribution >= 4 is 17.0 Å². The summed E-state index contributed by atoms with van der Waals surface area (Å²) in [6.07, 6.45) is 6.87. The van der Waals surface area contributed by atoms with Crippen LogP contribution < -0.4 is 5.32 Å². The largest absolute Gasteiger partial charge is 0.377 e. The summed E-state index contributed by atoms with van der Waals surface area (Å²) >= 11 is 1.53.